The van der Waals surface area contributed by atoms with E-state index in [0.717, 1.165) is 43.6 Å². The number of hydrogen-bond acceptors (Lipinski definition) is 8. The van der Waals surface area contributed by atoms with Crippen molar-refractivity contribution >= 4 is 29.4 Å². The summed E-state index contributed by atoms with van der Waals surface area (Å²) >= 11 is 1.62. The second-order valence-corrected chi connectivity index (χ2v) is 11.2. The SMILES string of the molecule is CC1CCCN(Cc2ccc(C(=O)Nc3ccc(OC(=O)N4CCC(Sc5nc[nH]n5)CC4)nc3)cc2)C1. The molecule has 2 N–H and O–H groups in total. The molecule has 2 aromatic heterocycles. The van der Waals surface area contributed by atoms with E-state index in [0.29, 0.717) is 29.6 Å². The van der Waals surface area contributed by atoms with Gasteiger partial charge in [0.05, 0.1) is 11.9 Å². The lowest BCUT2D eigenvalue weighted by Gasteiger charge is -2.30. The minimum absolute atomic E-state index is 0.196. The molecule has 0 aliphatic carbocycles. The van der Waals surface area contributed by atoms with Gasteiger partial charge in [-0.2, -0.15) is 0 Å². The largest absolute Gasteiger partial charge is 0.416 e. The van der Waals surface area contributed by atoms with Crippen LogP contribution in [0.15, 0.2) is 54.1 Å². The van der Waals surface area contributed by atoms with Crippen molar-refractivity contribution in [3.8, 4) is 5.88 Å². The van der Waals surface area contributed by atoms with Crippen LogP contribution in [0.5, 0.6) is 5.88 Å². The Hall–Kier alpha value is -3.44. The van der Waals surface area contributed by atoms with Gasteiger partial charge in [0.2, 0.25) is 11.0 Å². The number of aromatic nitrogens is 4. The second-order valence-electron chi connectivity index (χ2n) is 9.97. The number of carbonyl (C=O) groups excluding carboxylic acids is 2. The topological polar surface area (TPSA) is 116 Å². The monoisotopic (exact) mass is 535 g/mol. The number of aromatic amines is 1. The molecule has 0 saturated carbocycles. The lowest BCUT2D eigenvalue weighted by Crippen LogP contribution is -2.41. The van der Waals surface area contributed by atoms with Gasteiger partial charge in [-0.25, -0.2) is 14.8 Å². The zero-order valence-corrected chi connectivity index (χ0v) is 22.3. The number of carbonyl (C=O) groups is 2. The van der Waals surface area contributed by atoms with Crippen molar-refractivity contribution in [2.75, 3.05) is 31.5 Å². The highest BCUT2D eigenvalue weighted by Gasteiger charge is 2.26. The predicted molar refractivity (Wildman–Crippen MR) is 145 cm³/mol. The number of ether oxygens (including phenoxy) is 1. The standard InChI is InChI=1S/C27H33N7O3S/c1-19-3-2-12-33(16-19)17-20-4-6-21(7-5-20)25(35)31-22-8-9-24(28-15-22)37-27(36)34-13-10-23(11-14-34)38-26-29-18-30-32-26/h4-9,15,18-19,23H,2-3,10-14,16-17H2,1H3,(H,31,35)(H,29,30,32). The van der Waals surface area contributed by atoms with Crippen LogP contribution in [-0.2, 0) is 6.54 Å². The summed E-state index contributed by atoms with van der Waals surface area (Å²) in [7, 11) is 0. The lowest BCUT2D eigenvalue weighted by atomic mass is 9.99. The average molecular weight is 536 g/mol. The Morgan fingerprint density at radius 1 is 1.08 bits per heavy atom. The van der Waals surface area contributed by atoms with Gasteiger partial charge in [-0.15, -0.1) is 5.10 Å². The summed E-state index contributed by atoms with van der Waals surface area (Å²) in [5.74, 6) is 0.729. The molecule has 0 radical (unpaired) electrons. The molecular formula is C27H33N7O3S. The van der Waals surface area contributed by atoms with E-state index in [1.165, 1.54) is 24.6 Å². The molecule has 4 heterocycles. The molecule has 2 fully saturated rings. The average Bonchev–Trinajstić information content (AvgIpc) is 3.44. The number of hydrogen-bond donors (Lipinski definition) is 2. The Morgan fingerprint density at radius 3 is 2.58 bits per heavy atom. The molecule has 1 unspecified atom stereocenters. The van der Waals surface area contributed by atoms with Crippen LogP contribution in [0.3, 0.4) is 0 Å². The third-order valence-corrected chi connectivity index (χ3v) is 8.13. The van der Waals surface area contributed by atoms with Gasteiger partial charge in [-0.1, -0.05) is 30.8 Å². The van der Waals surface area contributed by atoms with Crippen molar-refractivity contribution in [1.29, 1.82) is 0 Å². The Bertz CT molecular complexity index is 1200. The van der Waals surface area contributed by atoms with E-state index in [9.17, 15) is 9.59 Å². The highest BCUT2D eigenvalue weighted by atomic mass is 32.2. The summed E-state index contributed by atoms with van der Waals surface area (Å²) in [4.78, 5) is 37.8. The third kappa shape index (κ3) is 7.11. The van der Waals surface area contributed by atoms with Gasteiger partial charge in [0.25, 0.3) is 5.91 Å². The van der Waals surface area contributed by atoms with Gasteiger partial charge in [-0.05, 0) is 61.9 Å². The molecule has 5 rings (SSSR count). The number of H-pyrrole nitrogens is 1. The van der Waals surface area contributed by atoms with E-state index in [4.69, 9.17) is 4.74 Å². The summed E-state index contributed by atoms with van der Waals surface area (Å²) in [6.45, 7) is 6.68. The second kappa shape index (κ2) is 12.4. The number of nitrogens with one attached hydrogen (secondary N) is 2. The van der Waals surface area contributed by atoms with E-state index in [1.807, 2.05) is 24.3 Å². The van der Waals surface area contributed by atoms with Crippen LogP contribution in [0, 0.1) is 5.92 Å². The first kappa shape index (κ1) is 26.2. The van der Waals surface area contributed by atoms with E-state index >= 15 is 0 Å². The zero-order valence-electron chi connectivity index (χ0n) is 21.5. The number of thioether (sulfide) groups is 1. The summed E-state index contributed by atoms with van der Waals surface area (Å²) in [5.41, 5.74) is 2.33. The molecule has 0 spiro atoms. The quantitative estimate of drug-likeness (QED) is 0.456. The molecule has 0 bridgehead atoms. The highest BCUT2D eigenvalue weighted by Crippen LogP contribution is 2.28. The fourth-order valence-corrected chi connectivity index (χ4v) is 5.84. The van der Waals surface area contributed by atoms with Crippen LogP contribution < -0.4 is 10.1 Å². The number of piperidine rings is 2. The van der Waals surface area contributed by atoms with Crippen molar-refractivity contribution in [2.45, 2.75) is 49.6 Å². The van der Waals surface area contributed by atoms with Gasteiger partial charge >= 0.3 is 6.09 Å². The van der Waals surface area contributed by atoms with Crippen LogP contribution in [0.1, 0.15) is 48.5 Å². The number of rotatable bonds is 7. The first-order valence-corrected chi connectivity index (χ1v) is 14.0. The fourth-order valence-electron chi connectivity index (χ4n) is 4.88. The van der Waals surface area contributed by atoms with Crippen molar-refractivity contribution < 1.29 is 14.3 Å². The number of benzene rings is 1. The fraction of sp³-hybridized carbons (Fsp3) is 0.444. The molecule has 11 heteroatoms. The van der Waals surface area contributed by atoms with Crippen LogP contribution in [0.25, 0.3) is 0 Å². The first-order chi connectivity index (χ1) is 18.5. The Kier molecular flexibility index (Phi) is 8.54. The molecule has 38 heavy (non-hydrogen) atoms. The van der Waals surface area contributed by atoms with Gasteiger partial charge in [0.15, 0.2) is 0 Å². The normalized spacial score (nSPS) is 18.8. The predicted octanol–water partition coefficient (Wildman–Crippen LogP) is 4.44. The lowest BCUT2D eigenvalue weighted by molar-refractivity contribution is 0.102. The molecule has 200 valence electrons. The number of nitrogens with zero attached hydrogens (tertiary/aromatic N) is 5. The van der Waals surface area contributed by atoms with Crippen molar-refractivity contribution in [1.82, 2.24) is 30.0 Å². The number of anilines is 1. The summed E-state index contributed by atoms with van der Waals surface area (Å²) in [6.07, 6.45) is 6.86. The minimum atomic E-state index is -0.422. The molecule has 2 aliphatic rings. The van der Waals surface area contributed by atoms with Crippen LogP contribution in [-0.4, -0.2) is 73.4 Å². The summed E-state index contributed by atoms with van der Waals surface area (Å²) in [6, 6.07) is 11.0. The van der Waals surface area contributed by atoms with Gasteiger partial charge in [0.1, 0.15) is 6.33 Å². The van der Waals surface area contributed by atoms with Gasteiger partial charge in [-0.3, -0.25) is 14.8 Å². The van der Waals surface area contributed by atoms with Crippen molar-refractivity contribution in [3.05, 3.63) is 60.0 Å². The van der Waals surface area contributed by atoms with E-state index < -0.39 is 6.09 Å². The van der Waals surface area contributed by atoms with Crippen LogP contribution >= 0.6 is 11.8 Å². The molecule has 2 aliphatic heterocycles. The molecule has 2 saturated heterocycles. The van der Waals surface area contributed by atoms with E-state index in [-0.39, 0.29) is 11.8 Å². The number of amides is 2. The Morgan fingerprint density at radius 2 is 1.89 bits per heavy atom. The number of pyridine rings is 1. The van der Waals surface area contributed by atoms with E-state index in [1.54, 1.807) is 35.1 Å². The maximum atomic E-state index is 12.7. The molecule has 10 nitrogen and oxygen atoms in total. The molecule has 2 amide bonds. The molecule has 3 aromatic rings. The number of likely N-dealkylation sites (tertiary alicyclic amines) is 2. The summed E-state index contributed by atoms with van der Waals surface area (Å²) in [5, 5.41) is 10.7. The first-order valence-electron chi connectivity index (χ1n) is 13.1. The Balaban J connectivity index is 1.07. The smallest absolute Gasteiger partial charge is 0.391 e. The molecular weight excluding hydrogens is 502 g/mol. The molecule has 1 atom stereocenters. The minimum Gasteiger partial charge on any atom is -0.391 e. The van der Waals surface area contributed by atoms with Gasteiger partial charge < -0.3 is 15.0 Å². The van der Waals surface area contributed by atoms with Crippen LogP contribution in [0.4, 0.5) is 10.5 Å². The van der Waals surface area contributed by atoms with Crippen LogP contribution in [0.2, 0.25) is 0 Å². The van der Waals surface area contributed by atoms with Crippen molar-refractivity contribution in [2.24, 2.45) is 5.92 Å². The van der Waals surface area contributed by atoms with Crippen molar-refractivity contribution in [3.63, 3.8) is 0 Å². The van der Waals surface area contributed by atoms with Gasteiger partial charge in [0, 0.05) is 43.1 Å². The Labute approximate surface area is 226 Å². The maximum Gasteiger partial charge on any atom is 0.416 e. The highest BCUT2D eigenvalue weighted by molar-refractivity contribution is 7.99. The zero-order chi connectivity index (χ0) is 26.3. The molecule has 1 aromatic carbocycles. The van der Waals surface area contributed by atoms with E-state index in [2.05, 4.69) is 37.3 Å². The summed E-state index contributed by atoms with van der Waals surface area (Å²) < 4.78 is 5.44. The maximum absolute atomic E-state index is 12.7. The third-order valence-electron chi connectivity index (χ3n) is 6.91.